The lowest BCUT2D eigenvalue weighted by Gasteiger charge is -2.07. The Balaban J connectivity index is 0.000000285. The fraction of sp³-hybridized carbons (Fsp3) is 0.241. The number of rotatable bonds is 0. The lowest BCUT2D eigenvalue weighted by atomic mass is 9.99. The molecule has 0 fully saturated rings. The van der Waals surface area contributed by atoms with Crippen LogP contribution in [-0.4, -0.2) is 5.11 Å². The minimum atomic E-state index is -1.02. The Bertz CT molecular complexity index is 1200. The molecule has 168 valence electrons. The topological polar surface area (TPSA) is 20.2 Å². The van der Waals surface area contributed by atoms with Crippen molar-refractivity contribution in [3.05, 3.63) is 88.5 Å². The van der Waals surface area contributed by atoms with Crippen LogP contribution in [0, 0.1) is 44.7 Å². The lowest BCUT2D eigenvalue weighted by molar-refractivity contribution is 0.475. The molecule has 0 aromatic heterocycles. The van der Waals surface area contributed by atoms with E-state index in [1.54, 1.807) is 6.92 Å². The van der Waals surface area contributed by atoms with Crippen molar-refractivity contribution in [2.75, 3.05) is 0 Å². The summed E-state index contributed by atoms with van der Waals surface area (Å²) in [7, 11) is 0. The number of benzene rings is 4. The molecule has 1 N–H and O–H groups in total. The molecule has 0 spiro atoms. The molecule has 0 radical (unpaired) electrons. The van der Waals surface area contributed by atoms with Gasteiger partial charge in [-0.25, -0.2) is 8.78 Å². The minimum Gasteiger partial charge on any atom is -0.508 e. The highest BCUT2D eigenvalue weighted by Gasteiger charge is 2.14. The summed E-state index contributed by atoms with van der Waals surface area (Å²) in [6.45, 7) is 14.0. The Morgan fingerprint density at radius 1 is 0.719 bits per heavy atom. The van der Waals surface area contributed by atoms with Crippen LogP contribution in [0.15, 0.2) is 54.6 Å². The van der Waals surface area contributed by atoms with Gasteiger partial charge in [0.25, 0.3) is 0 Å². The molecule has 4 aromatic rings. The number of aromatic hydroxyl groups is 1. The fourth-order valence-corrected chi connectivity index (χ4v) is 3.56. The maximum Gasteiger partial charge on any atom is 0.175 e. The van der Waals surface area contributed by atoms with Gasteiger partial charge in [0.05, 0.1) is 5.56 Å². The summed E-state index contributed by atoms with van der Waals surface area (Å²) in [5, 5.41) is 13.0. The van der Waals surface area contributed by atoms with Crippen molar-refractivity contribution in [2.45, 2.75) is 48.5 Å². The summed E-state index contributed by atoms with van der Waals surface area (Å²) in [5.74, 6) is 0.109. The van der Waals surface area contributed by atoms with E-state index < -0.39 is 11.6 Å². The van der Waals surface area contributed by atoms with Crippen molar-refractivity contribution < 1.29 is 13.9 Å². The number of fused-ring (bicyclic) bond motifs is 2. The Morgan fingerprint density at radius 2 is 1.25 bits per heavy atom. The first kappa shape index (κ1) is 26.7. The van der Waals surface area contributed by atoms with Crippen molar-refractivity contribution in [1.29, 1.82) is 0 Å². The number of hydrogen-bond acceptors (Lipinski definition) is 1. The first-order valence-electron chi connectivity index (χ1n) is 10.9. The second-order valence-corrected chi connectivity index (χ2v) is 6.80. The van der Waals surface area contributed by atoms with Crippen LogP contribution in [0.2, 0.25) is 0 Å². The molecule has 0 bridgehead atoms. The molecule has 4 rings (SSSR count). The average Bonchev–Trinajstić information content (AvgIpc) is 2.78. The smallest absolute Gasteiger partial charge is 0.175 e. The third-order valence-corrected chi connectivity index (χ3v) is 4.78. The normalized spacial score (nSPS) is 9.50. The maximum absolute atomic E-state index is 13.4. The molecule has 0 heterocycles. The second-order valence-electron chi connectivity index (χ2n) is 6.80. The molecule has 0 saturated carbocycles. The van der Waals surface area contributed by atoms with Gasteiger partial charge in [0.1, 0.15) is 5.75 Å². The zero-order valence-electron chi connectivity index (χ0n) is 20.0. The number of aryl methyl sites for hydroxylation is 3. The lowest BCUT2D eigenvalue weighted by Crippen LogP contribution is -1.94. The average molecular weight is 435 g/mol. The van der Waals surface area contributed by atoms with Crippen molar-refractivity contribution in [2.24, 2.45) is 0 Å². The van der Waals surface area contributed by atoms with Gasteiger partial charge >= 0.3 is 0 Å². The molecule has 0 saturated heterocycles. The predicted molar refractivity (Wildman–Crippen MR) is 134 cm³/mol. The van der Waals surface area contributed by atoms with E-state index in [1.165, 1.54) is 34.0 Å². The first-order valence-corrected chi connectivity index (χ1v) is 10.9. The Morgan fingerprint density at radius 3 is 1.72 bits per heavy atom. The molecule has 0 unspecified atom stereocenters. The maximum atomic E-state index is 13.4. The number of halogens is 2. The fourth-order valence-electron chi connectivity index (χ4n) is 3.56. The van der Waals surface area contributed by atoms with E-state index in [1.807, 2.05) is 27.7 Å². The van der Waals surface area contributed by atoms with Gasteiger partial charge in [-0.15, -0.1) is 6.42 Å². The van der Waals surface area contributed by atoms with Gasteiger partial charge in [0.15, 0.2) is 11.6 Å². The van der Waals surface area contributed by atoms with Crippen LogP contribution in [-0.2, 0) is 0 Å². The molecular formula is C29H32F2O. The van der Waals surface area contributed by atoms with Crippen LogP contribution in [0.5, 0.6) is 5.75 Å². The summed E-state index contributed by atoms with van der Waals surface area (Å²) in [5.41, 5.74) is 3.24. The summed E-state index contributed by atoms with van der Waals surface area (Å²) < 4.78 is 26.6. The van der Waals surface area contributed by atoms with Crippen LogP contribution in [0.4, 0.5) is 8.78 Å². The van der Waals surface area contributed by atoms with E-state index in [-0.39, 0.29) is 11.3 Å². The molecule has 0 aliphatic heterocycles. The monoisotopic (exact) mass is 434 g/mol. The highest BCUT2D eigenvalue weighted by molar-refractivity contribution is 5.92. The van der Waals surface area contributed by atoms with Crippen LogP contribution >= 0.6 is 0 Å². The molecular weight excluding hydrogens is 402 g/mol. The Kier molecular flexibility index (Phi) is 10.4. The van der Waals surface area contributed by atoms with E-state index in [0.717, 1.165) is 6.07 Å². The highest BCUT2D eigenvalue weighted by atomic mass is 19.2. The van der Waals surface area contributed by atoms with Gasteiger partial charge in [-0.2, -0.15) is 0 Å². The van der Waals surface area contributed by atoms with Gasteiger partial charge < -0.3 is 5.11 Å². The minimum absolute atomic E-state index is 0.000945. The van der Waals surface area contributed by atoms with Crippen molar-refractivity contribution >= 4 is 21.5 Å². The summed E-state index contributed by atoms with van der Waals surface area (Å²) in [6.07, 6.45) is 5.17. The van der Waals surface area contributed by atoms with E-state index >= 15 is 0 Å². The Hall–Kier alpha value is -3.38. The van der Waals surface area contributed by atoms with E-state index in [0.29, 0.717) is 16.3 Å². The second kappa shape index (κ2) is 12.5. The molecule has 3 heteroatoms. The standard InChI is InChI=1S/C13H8F2O.C12H12.2C2H6/c1-3-10-12-7(2)4-9(16)5-8(12)6-11(14)13(10)15;1-9-5-3-7-11-8-4-6-10(2)12(9)11;2*1-2/h1,4-6,16H,2H3;3-8H,1-2H3;2*1-2H3. The van der Waals surface area contributed by atoms with Gasteiger partial charge in [-0.1, -0.05) is 70.0 Å². The van der Waals surface area contributed by atoms with Crippen molar-refractivity contribution in [3.63, 3.8) is 0 Å². The third-order valence-electron chi connectivity index (χ3n) is 4.78. The molecule has 4 aromatic carbocycles. The largest absolute Gasteiger partial charge is 0.508 e. The van der Waals surface area contributed by atoms with Crippen LogP contribution in [0.1, 0.15) is 49.9 Å². The van der Waals surface area contributed by atoms with Gasteiger partial charge in [-0.3, -0.25) is 0 Å². The molecule has 0 amide bonds. The van der Waals surface area contributed by atoms with Crippen molar-refractivity contribution in [1.82, 2.24) is 0 Å². The van der Waals surface area contributed by atoms with Crippen LogP contribution in [0.3, 0.4) is 0 Å². The van der Waals surface area contributed by atoms with E-state index in [9.17, 15) is 13.9 Å². The van der Waals surface area contributed by atoms with Crippen molar-refractivity contribution in [3.8, 4) is 18.1 Å². The summed E-state index contributed by atoms with van der Waals surface area (Å²) in [4.78, 5) is 0. The summed E-state index contributed by atoms with van der Waals surface area (Å²) >= 11 is 0. The number of terminal acetylenes is 1. The zero-order valence-corrected chi connectivity index (χ0v) is 20.0. The SMILES string of the molecule is C#Cc1c(F)c(F)cc2cc(O)cc(C)c12.CC.CC.Cc1cccc2cccc(C)c12. The van der Waals surface area contributed by atoms with E-state index in [2.05, 4.69) is 56.2 Å². The zero-order chi connectivity index (χ0) is 24.4. The number of hydrogen-bond donors (Lipinski definition) is 1. The Labute approximate surface area is 190 Å². The first-order chi connectivity index (χ1) is 15.3. The number of phenolic OH excluding ortho intramolecular Hbond substituents is 1. The predicted octanol–water partition coefficient (Wildman–Crippen LogP) is 8.62. The van der Waals surface area contributed by atoms with Crippen LogP contribution < -0.4 is 0 Å². The quantitative estimate of drug-likeness (QED) is 0.275. The van der Waals surface area contributed by atoms with Gasteiger partial charge in [0, 0.05) is 5.39 Å². The molecule has 0 atom stereocenters. The highest BCUT2D eigenvalue weighted by Crippen LogP contribution is 2.30. The summed E-state index contributed by atoms with van der Waals surface area (Å²) in [6, 6.07) is 16.7. The van der Waals surface area contributed by atoms with Crippen LogP contribution in [0.25, 0.3) is 21.5 Å². The van der Waals surface area contributed by atoms with Gasteiger partial charge in [-0.05, 0) is 71.8 Å². The molecule has 0 aliphatic rings. The van der Waals surface area contributed by atoms with Gasteiger partial charge in [0.2, 0.25) is 0 Å². The molecule has 0 aliphatic carbocycles. The molecule has 1 nitrogen and oxygen atoms in total. The third kappa shape index (κ3) is 5.86. The van der Waals surface area contributed by atoms with E-state index in [4.69, 9.17) is 6.42 Å². The molecule has 32 heavy (non-hydrogen) atoms. The number of phenols is 1.